The van der Waals surface area contributed by atoms with Crippen molar-refractivity contribution in [2.75, 3.05) is 19.6 Å². The van der Waals surface area contributed by atoms with Crippen LogP contribution in [0.5, 0.6) is 0 Å². The number of guanidine groups is 1. The molecule has 6 heteroatoms. The SMILES string of the molecule is CCNC(=NCCCn1nc(C)cc1C)NC1CCN(Cc2ccccc2)C(C)C1. The maximum Gasteiger partial charge on any atom is 0.191 e. The highest BCUT2D eigenvalue weighted by Gasteiger charge is 2.25. The lowest BCUT2D eigenvalue weighted by molar-refractivity contribution is 0.134. The van der Waals surface area contributed by atoms with E-state index in [0.717, 1.165) is 63.6 Å². The maximum absolute atomic E-state index is 4.81. The molecule has 1 aromatic carbocycles. The fraction of sp³-hybridized carbons (Fsp3) is 0.583. The van der Waals surface area contributed by atoms with Crippen LogP contribution in [0.1, 0.15) is 50.1 Å². The normalized spacial score (nSPS) is 20.3. The summed E-state index contributed by atoms with van der Waals surface area (Å²) in [5.41, 5.74) is 3.70. The number of aromatic nitrogens is 2. The third-order valence-electron chi connectivity index (χ3n) is 5.83. The first-order chi connectivity index (χ1) is 14.5. The van der Waals surface area contributed by atoms with Gasteiger partial charge in [-0.2, -0.15) is 5.10 Å². The Balaban J connectivity index is 1.46. The predicted molar refractivity (Wildman–Crippen MR) is 125 cm³/mol. The molecular weight excluding hydrogens is 372 g/mol. The van der Waals surface area contributed by atoms with Gasteiger partial charge in [-0.1, -0.05) is 30.3 Å². The van der Waals surface area contributed by atoms with E-state index in [4.69, 9.17) is 4.99 Å². The van der Waals surface area contributed by atoms with E-state index in [1.165, 1.54) is 11.3 Å². The van der Waals surface area contributed by atoms with Crippen LogP contribution in [0.4, 0.5) is 0 Å². The molecule has 1 aliphatic heterocycles. The number of aliphatic imine (C=N–C) groups is 1. The Morgan fingerprint density at radius 1 is 1.23 bits per heavy atom. The van der Waals surface area contributed by atoms with Crippen molar-refractivity contribution in [3.63, 3.8) is 0 Å². The first-order valence-corrected chi connectivity index (χ1v) is 11.4. The largest absolute Gasteiger partial charge is 0.357 e. The summed E-state index contributed by atoms with van der Waals surface area (Å²) in [5, 5.41) is 11.6. The summed E-state index contributed by atoms with van der Waals surface area (Å²) in [5.74, 6) is 0.944. The zero-order valence-corrected chi connectivity index (χ0v) is 19.1. The Labute approximate surface area is 181 Å². The highest BCUT2D eigenvalue weighted by molar-refractivity contribution is 5.80. The first-order valence-electron chi connectivity index (χ1n) is 11.4. The van der Waals surface area contributed by atoms with Crippen LogP contribution in [0.15, 0.2) is 41.4 Å². The molecule has 2 N–H and O–H groups in total. The van der Waals surface area contributed by atoms with Crippen LogP contribution in [-0.4, -0.2) is 52.4 Å². The summed E-state index contributed by atoms with van der Waals surface area (Å²) < 4.78 is 2.08. The summed E-state index contributed by atoms with van der Waals surface area (Å²) in [6.45, 7) is 13.4. The van der Waals surface area contributed by atoms with E-state index in [1.807, 2.05) is 6.92 Å². The van der Waals surface area contributed by atoms with E-state index >= 15 is 0 Å². The molecule has 2 atom stereocenters. The number of nitrogens with zero attached hydrogens (tertiary/aromatic N) is 4. The number of nitrogens with one attached hydrogen (secondary N) is 2. The molecule has 0 radical (unpaired) electrons. The molecule has 2 aromatic rings. The van der Waals surface area contributed by atoms with E-state index in [1.54, 1.807) is 0 Å². The van der Waals surface area contributed by atoms with Crippen molar-refractivity contribution >= 4 is 5.96 Å². The number of hydrogen-bond donors (Lipinski definition) is 2. The molecule has 2 unspecified atom stereocenters. The third kappa shape index (κ3) is 6.59. The summed E-state index contributed by atoms with van der Waals surface area (Å²) in [6, 6.07) is 13.9. The average molecular weight is 411 g/mol. The lowest BCUT2D eigenvalue weighted by atomic mass is 9.97. The molecular formula is C24H38N6. The molecule has 1 aromatic heterocycles. The van der Waals surface area contributed by atoms with Gasteiger partial charge in [0, 0.05) is 50.5 Å². The van der Waals surface area contributed by atoms with E-state index in [9.17, 15) is 0 Å². The summed E-state index contributed by atoms with van der Waals surface area (Å²) in [6.07, 6.45) is 3.28. The molecule has 30 heavy (non-hydrogen) atoms. The van der Waals surface area contributed by atoms with Gasteiger partial charge in [0.15, 0.2) is 5.96 Å². The minimum absolute atomic E-state index is 0.473. The van der Waals surface area contributed by atoms with Gasteiger partial charge in [-0.15, -0.1) is 0 Å². The van der Waals surface area contributed by atoms with Crippen molar-refractivity contribution in [1.82, 2.24) is 25.3 Å². The van der Waals surface area contributed by atoms with Gasteiger partial charge in [-0.25, -0.2) is 0 Å². The zero-order valence-electron chi connectivity index (χ0n) is 19.1. The molecule has 1 fully saturated rings. The van der Waals surface area contributed by atoms with Crippen LogP contribution in [-0.2, 0) is 13.1 Å². The first kappa shape index (κ1) is 22.3. The van der Waals surface area contributed by atoms with E-state index < -0.39 is 0 Å². The van der Waals surface area contributed by atoms with Gasteiger partial charge in [-0.05, 0) is 58.6 Å². The summed E-state index contributed by atoms with van der Waals surface area (Å²) >= 11 is 0. The van der Waals surface area contributed by atoms with Gasteiger partial charge in [0.2, 0.25) is 0 Å². The quantitative estimate of drug-likeness (QED) is 0.397. The van der Waals surface area contributed by atoms with Gasteiger partial charge >= 0.3 is 0 Å². The van der Waals surface area contributed by atoms with Crippen LogP contribution in [0.2, 0.25) is 0 Å². The maximum atomic E-state index is 4.81. The number of hydrogen-bond acceptors (Lipinski definition) is 3. The minimum Gasteiger partial charge on any atom is -0.357 e. The minimum atomic E-state index is 0.473. The Morgan fingerprint density at radius 3 is 2.70 bits per heavy atom. The second-order valence-electron chi connectivity index (χ2n) is 8.44. The Morgan fingerprint density at radius 2 is 2.03 bits per heavy atom. The van der Waals surface area contributed by atoms with Crippen molar-refractivity contribution in [1.29, 1.82) is 0 Å². The number of aryl methyl sites for hydroxylation is 3. The molecule has 6 nitrogen and oxygen atoms in total. The van der Waals surface area contributed by atoms with Crippen LogP contribution in [0, 0.1) is 13.8 Å². The lowest BCUT2D eigenvalue weighted by Gasteiger charge is -2.38. The topological polar surface area (TPSA) is 57.5 Å². The van der Waals surface area contributed by atoms with Crippen LogP contribution in [0.3, 0.4) is 0 Å². The molecule has 0 aliphatic carbocycles. The van der Waals surface area contributed by atoms with Gasteiger partial charge < -0.3 is 10.6 Å². The molecule has 3 rings (SSSR count). The van der Waals surface area contributed by atoms with E-state index in [-0.39, 0.29) is 0 Å². The van der Waals surface area contributed by atoms with Crippen LogP contribution >= 0.6 is 0 Å². The molecule has 0 spiro atoms. The lowest BCUT2D eigenvalue weighted by Crippen LogP contribution is -2.51. The van der Waals surface area contributed by atoms with Crippen molar-refractivity contribution < 1.29 is 0 Å². The molecule has 0 amide bonds. The fourth-order valence-electron chi connectivity index (χ4n) is 4.23. The predicted octanol–water partition coefficient (Wildman–Crippen LogP) is 3.50. The van der Waals surface area contributed by atoms with Crippen molar-refractivity contribution in [2.45, 2.75) is 72.1 Å². The summed E-state index contributed by atoms with van der Waals surface area (Å²) in [4.78, 5) is 7.40. The number of likely N-dealkylation sites (tertiary alicyclic amines) is 1. The number of benzene rings is 1. The van der Waals surface area contributed by atoms with E-state index in [0.29, 0.717) is 12.1 Å². The Bertz CT molecular complexity index is 797. The summed E-state index contributed by atoms with van der Waals surface area (Å²) in [7, 11) is 0. The van der Waals surface area contributed by atoms with Crippen LogP contribution in [0.25, 0.3) is 0 Å². The van der Waals surface area contributed by atoms with Crippen molar-refractivity contribution in [3.05, 3.63) is 53.3 Å². The molecule has 2 heterocycles. The van der Waals surface area contributed by atoms with Gasteiger partial charge in [0.05, 0.1) is 5.69 Å². The Hall–Kier alpha value is -2.34. The molecule has 0 saturated carbocycles. The van der Waals surface area contributed by atoms with Gasteiger partial charge in [0.1, 0.15) is 0 Å². The standard InChI is InChI=1S/C24H38N6/c1-5-25-24(26-13-9-14-30-21(4)16-19(2)28-30)27-23-12-15-29(20(3)17-23)18-22-10-7-6-8-11-22/h6-8,10-11,16,20,23H,5,9,12-15,17-18H2,1-4H3,(H2,25,26,27). The third-order valence-corrected chi connectivity index (χ3v) is 5.83. The van der Waals surface area contributed by atoms with Crippen molar-refractivity contribution in [2.24, 2.45) is 4.99 Å². The number of rotatable bonds is 8. The molecule has 0 bridgehead atoms. The van der Waals surface area contributed by atoms with Gasteiger partial charge in [-0.3, -0.25) is 14.6 Å². The molecule has 164 valence electrons. The average Bonchev–Trinajstić information content (AvgIpc) is 3.05. The van der Waals surface area contributed by atoms with Gasteiger partial charge in [0.25, 0.3) is 0 Å². The second-order valence-corrected chi connectivity index (χ2v) is 8.44. The molecule has 1 saturated heterocycles. The number of piperidine rings is 1. The Kier molecular flexibility index (Phi) is 8.31. The highest BCUT2D eigenvalue weighted by atomic mass is 15.3. The zero-order chi connectivity index (χ0) is 21.3. The second kappa shape index (κ2) is 11.2. The smallest absolute Gasteiger partial charge is 0.191 e. The van der Waals surface area contributed by atoms with E-state index in [2.05, 4.69) is 82.5 Å². The highest BCUT2D eigenvalue weighted by Crippen LogP contribution is 2.20. The van der Waals surface area contributed by atoms with Crippen molar-refractivity contribution in [3.8, 4) is 0 Å². The molecule has 1 aliphatic rings. The van der Waals surface area contributed by atoms with Crippen LogP contribution < -0.4 is 10.6 Å². The fourth-order valence-corrected chi connectivity index (χ4v) is 4.23. The monoisotopic (exact) mass is 410 g/mol.